The van der Waals surface area contributed by atoms with Crippen LogP contribution < -0.4 is 20.0 Å². The highest BCUT2D eigenvalue weighted by molar-refractivity contribution is 5.72. The molecule has 2 aromatic carbocycles. The van der Waals surface area contributed by atoms with Gasteiger partial charge in [-0.2, -0.15) is 4.98 Å². The minimum atomic E-state index is -0.532. The van der Waals surface area contributed by atoms with Gasteiger partial charge in [-0.1, -0.05) is 0 Å². The van der Waals surface area contributed by atoms with Crippen molar-refractivity contribution in [3.05, 3.63) is 60.3 Å². The topological polar surface area (TPSA) is 66.0 Å². The second-order valence-electron chi connectivity index (χ2n) is 8.46. The fourth-order valence-corrected chi connectivity index (χ4v) is 4.27. The molecule has 0 bridgehead atoms. The maximum atomic E-state index is 14.3. The Morgan fingerprint density at radius 3 is 2.11 bits per heavy atom. The van der Waals surface area contributed by atoms with E-state index in [1.807, 2.05) is 0 Å². The molecule has 0 amide bonds. The Morgan fingerprint density at radius 2 is 1.49 bits per heavy atom. The van der Waals surface area contributed by atoms with E-state index in [0.717, 1.165) is 61.4 Å². The van der Waals surface area contributed by atoms with Gasteiger partial charge < -0.3 is 29.5 Å². The van der Waals surface area contributed by atoms with Crippen molar-refractivity contribution in [2.24, 2.45) is 0 Å². The van der Waals surface area contributed by atoms with Crippen LogP contribution in [-0.2, 0) is 9.47 Å². The van der Waals surface area contributed by atoms with Gasteiger partial charge in [-0.05, 0) is 36.4 Å². The summed E-state index contributed by atoms with van der Waals surface area (Å²) < 4.78 is 39.1. The summed E-state index contributed by atoms with van der Waals surface area (Å²) >= 11 is 0. The molecule has 184 valence electrons. The first-order valence-corrected chi connectivity index (χ1v) is 11.7. The van der Waals surface area contributed by atoms with E-state index in [-0.39, 0.29) is 5.69 Å². The van der Waals surface area contributed by atoms with E-state index in [4.69, 9.17) is 9.47 Å². The summed E-state index contributed by atoms with van der Waals surface area (Å²) in [5.74, 6) is -0.255. The van der Waals surface area contributed by atoms with Gasteiger partial charge in [-0.3, -0.25) is 0 Å². The molecule has 3 heterocycles. The third-order valence-electron chi connectivity index (χ3n) is 6.17. The maximum absolute atomic E-state index is 14.3. The summed E-state index contributed by atoms with van der Waals surface area (Å²) in [6, 6.07) is 11.3. The summed E-state index contributed by atoms with van der Waals surface area (Å²) in [7, 11) is 1.64. The Labute approximate surface area is 203 Å². The summed E-state index contributed by atoms with van der Waals surface area (Å²) in [4.78, 5) is 15.0. The number of halogens is 2. The van der Waals surface area contributed by atoms with Crippen molar-refractivity contribution in [2.75, 3.05) is 79.7 Å². The monoisotopic (exact) mass is 482 g/mol. The van der Waals surface area contributed by atoms with Crippen LogP contribution >= 0.6 is 0 Å². The molecule has 35 heavy (non-hydrogen) atoms. The molecule has 0 spiro atoms. The number of rotatable bonds is 6. The normalized spacial score (nSPS) is 16.3. The maximum Gasteiger partial charge on any atom is 0.229 e. The van der Waals surface area contributed by atoms with Gasteiger partial charge >= 0.3 is 0 Å². The van der Waals surface area contributed by atoms with Crippen molar-refractivity contribution < 1.29 is 18.3 Å². The summed E-state index contributed by atoms with van der Waals surface area (Å²) in [5.41, 5.74) is 3.12. The van der Waals surface area contributed by atoms with Gasteiger partial charge in [0.2, 0.25) is 5.95 Å². The summed E-state index contributed by atoms with van der Waals surface area (Å²) in [6.07, 6.45) is 1.59. The van der Waals surface area contributed by atoms with Crippen LogP contribution in [0.5, 0.6) is 0 Å². The largest absolute Gasteiger partial charge is 0.378 e. The molecule has 2 aliphatic rings. The van der Waals surface area contributed by atoms with E-state index in [1.165, 1.54) is 4.90 Å². The minimum Gasteiger partial charge on any atom is -0.378 e. The van der Waals surface area contributed by atoms with Crippen molar-refractivity contribution in [2.45, 2.75) is 0 Å². The lowest BCUT2D eigenvalue weighted by Gasteiger charge is -2.33. The van der Waals surface area contributed by atoms with Gasteiger partial charge in [0.1, 0.15) is 17.5 Å². The van der Waals surface area contributed by atoms with Gasteiger partial charge in [0.05, 0.1) is 32.1 Å². The molecule has 2 fully saturated rings. The molecule has 0 radical (unpaired) electrons. The van der Waals surface area contributed by atoms with Crippen LogP contribution in [-0.4, -0.2) is 69.6 Å². The van der Waals surface area contributed by atoms with E-state index in [0.29, 0.717) is 38.2 Å². The van der Waals surface area contributed by atoms with Crippen LogP contribution in [0.3, 0.4) is 0 Å². The fraction of sp³-hybridized carbons (Fsp3) is 0.360. The zero-order chi connectivity index (χ0) is 24.2. The van der Waals surface area contributed by atoms with E-state index in [9.17, 15) is 8.78 Å². The SMILES string of the molecule is CN(c1ccnc(Nc2cc(N3CCOCC3)cc(N3CCOCC3)c2)n1)c1cc(F)ccc1F. The highest BCUT2D eigenvalue weighted by Crippen LogP contribution is 2.31. The average molecular weight is 483 g/mol. The molecule has 1 N–H and O–H groups in total. The van der Waals surface area contributed by atoms with Gasteiger partial charge in [0.25, 0.3) is 0 Å². The van der Waals surface area contributed by atoms with Gasteiger partial charge in [-0.15, -0.1) is 0 Å². The summed E-state index contributed by atoms with van der Waals surface area (Å²) in [5, 5.41) is 3.30. The third-order valence-corrected chi connectivity index (χ3v) is 6.17. The zero-order valence-electron chi connectivity index (χ0n) is 19.6. The molecular formula is C25H28F2N6O2. The molecule has 2 saturated heterocycles. The van der Waals surface area contributed by atoms with E-state index < -0.39 is 11.6 Å². The van der Waals surface area contributed by atoms with Crippen LogP contribution in [0.25, 0.3) is 0 Å². The molecule has 0 saturated carbocycles. The molecule has 1 aromatic heterocycles. The molecule has 0 atom stereocenters. The van der Waals surface area contributed by atoms with Crippen molar-refractivity contribution in [3.63, 3.8) is 0 Å². The van der Waals surface area contributed by atoms with Crippen LogP contribution in [0, 0.1) is 11.6 Å². The third kappa shape index (κ3) is 5.44. The Bertz CT molecular complexity index is 1130. The van der Waals surface area contributed by atoms with Crippen LogP contribution in [0.15, 0.2) is 48.7 Å². The Morgan fingerprint density at radius 1 is 0.857 bits per heavy atom. The van der Waals surface area contributed by atoms with Crippen molar-refractivity contribution in [3.8, 4) is 0 Å². The molecule has 3 aromatic rings. The lowest BCUT2D eigenvalue weighted by atomic mass is 10.2. The first-order chi connectivity index (χ1) is 17.1. The Balaban J connectivity index is 1.43. The molecule has 10 heteroatoms. The van der Waals surface area contributed by atoms with E-state index >= 15 is 0 Å². The predicted molar refractivity (Wildman–Crippen MR) is 132 cm³/mol. The molecule has 0 aliphatic carbocycles. The smallest absolute Gasteiger partial charge is 0.229 e. The number of hydrogen-bond donors (Lipinski definition) is 1. The van der Waals surface area contributed by atoms with E-state index in [2.05, 4.69) is 43.3 Å². The highest BCUT2D eigenvalue weighted by atomic mass is 19.1. The number of nitrogens with one attached hydrogen (secondary N) is 1. The van der Waals surface area contributed by atoms with E-state index in [1.54, 1.807) is 19.3 Å². The van der Waals surface area contributed by atoms with Crippen molar-refractivity contribution in [1.29, 1.82) is 0 Å². The molecule has 2 aliphatic heterocycles. The second-order valence-corrected chi connectivity index (χ2v) is 8.46. The lowest BCUT2D eigenvalue weighted by Crippen LogP contribution is -2.38. The quantitative estimate of drug-likeness (QED) is 0.567. The number of morpholine rings is 2. The number of ether oxygens (including phenoxy) is 2. The second kappa shape index (κ2) is 10.4. The van der Waals surface area contributed by atoms with Crippen LogP contribution in [0.1, 0.15) is 0 Å². The van der Waals surface area contributed by atoms with Gasteiger partial charge in [0, 0.05) is 62.6 Å². The average Bonchev–Trinajstić information content (AvgIpc) is 2.90. The first-order valence-electron chi connectivity index (χ1n) is 11.7. The van der Waals surface area contributed by atoms with Gasteiger partial charge in [-0.25, -0.2) is 13.8 Å². The van der Waals surface area contributed by atoms with Crippen LogP contribution in [0.4, 0.5) is 43.3 Å². The Hall–Kier alpha value is -3.50. The van der Waals surface area contributed by atoms with Crippen LogP contribution in [0.2, 0.25) is 0 Å². The predicted octanol–water partition coefficient (Wildman–Crippen LogP) is 3.94. The number of benzene rings is 2. The Kier molecular flexibility index (Phi) is 6.91. The van der Waals surface area contributed by atoms with Crippen molar-refractivity contribution in [1.82, 2.24) is 9.97 Å². The van der Waals surface area contributed by atoms with Crippen molar-refractivity contribution >= 4 is 34.5 Å². The molecular weight excluding hydrogens is 454 g/mol. The summed E-state index contributed by atoms with van der Waals surface area (Å²) in [6.45, 7) is 6.06. The first kappa shape index (κ1) is 23.3. The standard InChI is InChI=1S/C25H28F2N6O2/c1-31(23-14-18(26)2-3-22(23)27)24-4-5-28-25(30-24)29-19-15-20(32-6-10-34-11-7-32)17-21(16-19)33-8-12-35-13-9-33/h2-5,14-17H,6-13H2,1H3,(H,28,29,30). The fourth-order valence-electron chi connectivity index (χ4n) is 4.27. The molecule has 0 unspecified atom stereocenters. The molecule has 8 nitrogen and oxygen atoms in total. The number of aromatic nitrogens is 2. The zero-order valence-corrected chi connectivity index (χ0v) is 19.6. The highest BCUT2D eigenvalue weighted by Gasteiger charge is 2.18. The number of anilines is 6. The lowest BCUT2D eigenvalue weighted by molar-refractivity contribution is 0.122. The number of nitrogens with zero attached hydrogens (tertiary/aromatic N) is 5. The van der Waals surface area contributed by atoms with Gasteiger partial charge in [0.15, 0.2) is 0 Å². The molecule has 5 rings (SSSR count). The minimum absolute atomic E-state index is 0.0959. The number of hydrogen-bond acceptors (Lipinski definition) is 8.